The minimum atomic E-state index is -4.67. The Morgan fingerprint density at radius 2 is 1.64 bits per heavy atom. The Morgan fingerprint density at radius 1 is 0.929 bits per heavy atom. The largest absolute Gasteiger partial charge is 0.416 e. The average Bonchev–Trinajstić information content (AvgIpc) is 3.40. The van der Waals surface area contributed by atoms with Gasteiger partial charge in [-0.25, -0.2) is 4.90 Å². The van der Waals surface area contributed by atoms with Gasteiger partial charge in [0.25, 0.3) is 0 Å². The summed E-state index contributed by atoms with van der Waals surface area (Å²) in [5, 5.41) is 2.48. The van der Waals surface area contributed by atoms with Crippen LogP contribution < -0.4 is 15.1 Å². The van der Waals surface area contributed by atoms with E-state index in [1.807, 2.05) is 0 Å². The Labute approximate surface area is 249 Å². The molecule has 0 radical (unpaired) electrons. The second-order valence-electron chi connectivity index (χ2n) is 9.69. The quantitative estimate of drug-likeness (QED) is 0.273. The first-order chi connectivity index (χ1) is 20.0. The number of aromatic nitrogens is 1. The van der Waals surface area contributed by atoms with Crippen molar-refractivity contribution in [1.82, 2.24) is 4.57 Å². The minimum Gasteiger partial charge on any atom is -0.325 e. The highest BCUT2D eigenvalue weighted by Crippen LogP contribution is 2.54. The van der Waals surface area contributed by atoms with Crippen LogP contribution in [0.25, 0.3) is 0 Å². The van der Waals surface area contributed by atoms with Crippen molar-refractivity contribution in [2.24, 2.45) is 5.92 Å². The van der Waals surface area contributed by atoms with E-state index in [4.69, 9.17) is 11.6 Å². The zero-order valence-corrected chi connectivity index (χ0v) is 23.7. The van der Waals surface area contributed by atoms with E-state index in [2.05, 4.69) is 5.32 Å². The van der Waals surface area contributed by atoms with Crippen molar-refractivity contribution in [3.63, 3.8) is 0 Å². The van der Waals surface area contributed by atoms with Gasteiger partial charge in [0, 0.05) is 21.5 Å². The Balaban J connectivity index is 1.42. The van der Waals surface area contributed by atoms with E-state index in [1.54, 1.807) is 54.6 Å². The molecule has 42 heavy (non-hydrogen) atoms. The SMILES string of the molecule is O=C(Cn1c2c(sc1=O)[C@H](c1ccc(Cl)cc1)C1C(=O)N(c3cccc(C(F)(F)F)c3)C(=O)C1S2)Nc1ccccc1. The predicted molar refractivity (Wildman–Crippen MR) is 154 cm³/mol. The topological polar surface area (TPSA) is 88.5 Å². The van der Waals surface area contributed by atoms with E-state index in [0.717, 1.165) is 46.2 Å². The fourth-order valence-corrected chi connectivity index (χ4v) is 8.13. The Morgan fingerprint density at radius 3 is 2.33 bits per heavy atom. The van der Waals surface area contributed by atoms with Crippen LogP contribution in [0, 0.1) is 5.92 Å². The number of carbonyl (C=O) groups excluding carboxylic acids is 3. The second kappa shape index (κ2) is 10.8. The average molecular weight is 630 g/mol. The summed E-state index contributed by atoms with van der Waals surface area (Å²) >= 11 is 7.95. The molecule has 3 heterocycles. The summed E-state index contributed by atoms with van der Waals surface area (Å²) in [6.07, 6.45) is -4.67. The first-order valence-electron chi connectivity index (χ1n) is 12.6. The third-order valence-electron chi connectivity index (χ3n) is 7.07. The van der Waals surface area contributed by atoms with E-state index in [-0.39, 0.29) is 12.2 Å². The van der Waals surface area contributed by atoms with Crippen LogP contribution >= 0.6 is 34.7 Å². The van der Waals surface area contributed by atoms with Gasteiger partial charge >= 0.3 is 11.0 Å². The number of para-hydroxylation sites is 1. The van der Waals surface area contributed by atoms with Crippen LogP contribution in [0.1, 0.15) is 21.9 Å². The fraction of sp³-hybridized carbons (Fsp3) is 0.172. The van der Waals surface area contributed by atoms with Crippen molar-refractivity contribution >= 4 is 63.8 Å². The molecule has 0 aliphatic carbocycles. The first kappa shape index (κ1) is 28.3. The molecule has 1 saturated heterocycles. The smallest absolute Gasteiger partial charge is 0.325 e. The van der Waals surface area contributed by atoms with Crippen LogP contribution in [0.4, 0.5) is 24.5 Å². The Kier molecular flexibility index (Phi) is 7.24. The molecular weight excluding hydrogens is 611 g/mol. The second-order valence-corrected chi connectivity index (χ2v) is 12.3. The summed E-state index contributed by atoms with van der Waals surface area (Å²) in [4.78, 5) is 54.6. The fourth-order valence-electron chi connectivity index (χ4n) is 5.23. The van der Waals surface area contributed by atoms with Crippen molar-refractivity contribution in [3.05, 3.63) is 110 Å². The monoisotopic (exact) mass is 629 g/mol. The number of halogens is 4. The molecular formula is C29H19ClF3N3O4S2. The molecule has 0 saturated carbocycles. The van der Waals surface area contributed by atoms with Crippen LogP contribution in [0.2, 0.25) is 5.02 Å². The number of benzene rings is 3. The molecule has 4 aromatic rings. The van der Waals surface area contributed by atoms with Crippen molar-refractivity contribution < 1.29 is 27.6 Å². The van der Waals surface area contributed by atoms with Crippen LogP contribution in [0.5, 0.6) is 0 Å². The van der Waals surface area contributed by atoms with Gasteiger partial charge in [-0.3, -0.25) is 23.7 Å². The number of imide groups is 1. The Hall–Kier alpha value is -3.87. The number of anilines is 2. The maximum Gasteiger partial charge on any atom is 0.416 e. The molecule has 3 aromatic carbocycles. The maximum absolute atomic E-state index is 13.9. The lowest BCUT2D eigenvalue weighted by molar-refractivity contribution is -0.137. The number of thiazole rings is 1. The molecule has 3 amide bonds. The molecule has 3 atom stereocenters. The van der Waals surface area contributed by atoms with Gasteiger partial charge in [-0.2, -0.15) is 13.2 Å². The van der Waals surface area contributed by atoms with Crippen LogP contribution in [-0.2, 0) is 27.1 Å². The molecule has 214 valence electrons. The van der Waals surface area contributed by atoms with Gasteiger partial charge in [-0.1, -0.05) is 71.1 Å². The zero-order chi connectivity index (χ0) is 29.8. The third kappa shape index (κ3) is 5.03. The van der Waals surface area contributed by atoms with Crippen LogP contribution in [0.3, 0.4) is 0 Å². The van der Waals surface area contributed by atoms with Gasteiger partial charge in [-0.15, -0.1) is 0 Å². The first-order valence-corrected chi connectivity index (χ1v) is 14.7. The van der Waals surface area contributed by atoms with Crippen molar-refractivity contribution in [2.75, 3.05) is 10.2 Å². The molecule has 2 unspecified atom stereocenters. The maximum atomic E-state index is 13.9. The number of rotatable bonds is 5. The number of nitrogens with one attached hydrogen (secondary N) is 1. The number of nitrogens with zero attached hydrogens (tertiary/aromatic N) is 2. The van der Waals surface area contributed by atoms with Crippen molar-refractivity contribution in [3.8, 4) is 0 Å². The molecule has 1 fully saturated rings. The highest BCUT2D eigenvalue weighted by atomic mass is 35.5. The molecule has 13 heteroatoms. The number of fused-ring (bicyclic) bond motifs is 2. The lowest BCUT2D eigenvalue weighted by Gasteiger charge is -2.30. The van der Waals surface area contributed by atoms with Gasteiger partial charge in [0.15, 0.2) is 0 Å². The highest BCUT2D eigenvalue weighted by molar-refractivity contribution is 8.00. The number of alkyl halides is 3. The lowest BCUT2D eigenvalue weighted by Crippen LogP contribution is -2.33. The molecule has 2 aliphatic rings. The van der Waals surface area contributed by atoms with Gasteiger partial charge in [0.05, 0.1) is 22.2 Å². The van der Waals surface area contributed by atoms with Crippen molar-refractivity contribution in [2.45, 2.75) is 28.9 Å². The van der Waals surface area contributed by atoms with Gasteiger partial charge in [0.2, 0.25) is 17.7 Å². The summed E-state index contributed by atoms with van der Waals surface area (Å²) in [6, 6.07) is 19.4. The van der Waals surface area contributed by atoms with Gasteiger partial charge in [0.1, 0.15) is 11.8 Å². The molecule has 0 bridgehead atoms. The molecule has 1 N–H and O–H groups in total. The standard InChI is InChI=1S/C29H19ClF3N3O4S2/c30-17-11-9-15(10-12-17)21-22-23(26(39)36(25(22)38)19-8-4-5-16(13-19)29(31,32)33)41-27-24(21)42-28(40)35(27)14-20(37)34-18-6-2-1-3-7-18/h1-13,21-23H,14H2,(H,34,37)/t21-,22?,23?/m1/s1. The van der Waals surface area contributed by atoms with Crippen molar-refractivity contribution in [1.29, 1.82) is 0 Å². The lowest BCUT2D eigenvalue weighted by atomic mass is 9.83. The van der Waals surface area contributed by atoms with E-state index >= 15 is 0 Å². The molecule has 7 nitrogen and oxygen atoms in total. The number of hydrogen-bond acceptors (Lipinski definition) is 6. The van der Waals surface area contributed by atoms with Crippen LogP contribution in [0.15, 0.2) is 88.7 Å². The van der Waals surface area contributed by atoms with E-state index in [1.165, 1.54) is 10.6 Å². The molecule has 1 aromatic heterocycles. The Bertz CT molecular complexity index is 1770. The summed E-state index contributed by atoms with van der Waals surface area (Å²) in [5.41, 5.74) is -0.0350. The third-order valence-corrected chi connectivity index (χ3v) is 9.93. The number of amides is 3. The zero-order valence-electron chi connectivity index (χ0n) is 21.3. The van der Waals surface area contributed by atoms with Gasteiger partial charge in [-0.05, 0) is 48.0 Å². The van der Waals surface area contributed by atoms with E-state index in [0.29, 0.717) is 26.2 Å². The minimum absolute atomic E-state index is 0.187. The predicted octanol–water partition coefficient (Wildman–Crippen LogP) is 6.02. The molecule has 6 rings (SSSR count). The molecule has 2 aliphatic heterocycles. The normalized spacial score (nSPS) is 19.9. The van der Waals surface area contributed by atoms with E-state index < -0.39 is 51.4 Å². The van der Waals surface area contributed by atoms with Crippen LogP contribution in [-0.4, -0.2) is 27.5 Å². The molecule has 0 spiro atoms. The number of hydrogen-bond donors (Lipinski definition) is 1. The number of thioether (sulfide) groups is 1. The summed E-state index contributed by atoms with van der Waals surface area (Å²) in [6.45, 7) is -0.337. The van der Waals surface area contributed by atoms with E-state index in [9.17, 15) is 32.3 Å². The summed E-state index contributed by atoms with van der Waals surface area (Å²) < 4.78 is 41.6. The highest BCUT2D eigenvalue weighted by Gasteiger charge is 2.57. The summed E-state index contributed by atoms with van der Waals surface area (Å²) in [5.74, 6) is -3.61. The van der Waals surface area contributed by atoms with Gasteiger partial charge < -0.3 is 5.32 Å². The number of carbonyl (C=O) groups is 3. The summed E-state index contributed by atoms with van der Waals surface area (Å²) in [7, 11) is 0.